The smallest absolute Gasteiger partial charge is 0.0496 e. The van der Waals surface area contributed by atoms with Crippen LogP contribution < -0.4 is 5.73 Å². The van der Waals surface area contributed by atoms with Crippen LogP contribution in [0.15, 0.2) is 31.0 Å². The van der Waals surface area contributed by atoms with E-state index in [1.54, 1.807) is 12.3 Å². The van der Waals surface area contributed by atoms with Crippen LogP contribution in [0.25, 0.3) is 0 Å². The molecule has 0 aliphatic rings. The molecule has 2 N–H and O–H groups in total. The lowest BCUT2D eigenvalue weighted by molar-refractivity contribution is 0.885. The van der Waals surface area contributed by atoms with Gasteiger partial charge in [0.25, 0.3) is 0 Å². The van der Waals surface area contributed by atoms with Gasteiger partial charge in [-0.25, -0.2) is 0 Å². The molecule has 0 radical (unpaired) electrons. The number of rotatable bonds is 2. The van der Waals surface area contributed by atoms with Crippen molar-refractivity contribution in [2.45, 2.75) is 13.0 Å². The summed E-state index contributed by atoms with van der Waals surface area (Å²) < 4.78 is 0. The molecule has 1 atom stereocenters. The van der Waals surface area contributed by atoms with E-state index in [9.17, 15) is 0 Å². The number of hydrogen-bond acceptors (Lipinski definition) is 2. The molecule has 0 bridgehead atoms. The quantitative estimate of drug-likeness (QED) is 0.646. The van der Waals surface area contributed by atoms with Gasteiger partial charge in [-0.2, -0.15) is 0 Å². The fourth-order valence-corrected chi connectivity index (χ4v) is 0.976. The van der Waals surface area contributed by atoms with Crippen LogP contribution >= 0.6 is 0 Å². The van der Waals surface area contributed by atoms with Crippen LogP contribution in [0.4, 0.5) is 0 Å². The van der Waals surface area contributed by atoms with E-state index in [1.807, 2.05) is 19.1 Å². The van der Waals surface area contributed by atoms with E-state index >= 15 is 0 Å². The van der Waals surface area contributed by atoms with Gasteiger partial charge in [-0.3, -0.25) is 4.98 Å². The molecule has 1 aromatic rings. The largest absolute Gasteiger partial charge is 0.321 e. The zero-order valence-corrected chi connectivity index (χ0v) is 6.62. The summed E-state index contributed by atoms with van der Waals surface area (Å²) in [4.78, 5) is 4.12. The first kappa shape index (κ1) is 7.95. The molecule has 2 heteroatoms. The molecule has 0 saturated heterocycles. The molecule has 2 nitrogen and oxygen atoms in total. The average Bonchev–Trinajstić information content (AvgIpc) is 2.04. The summed E-state index contributed by atoms with van der Waals surface area (Å²) in [6.07, 6.45) is 3.47. The van der Waals surface area contributed by atoms with Crippen molar-refractivity contribution in [1.29, 1.82) is 0 Å². The summed E-state index contributed by atoms with van der Waals surface area (Å²) >= 11 is 0. The summed E-state index contributed by atoms with van der Waals surface area (Å²) in [5.74, 6) is 0. The molecule has 11 heavy (non-hydrogen) atoms. The van der Waals surface area contributed by atoms with Crippen LogP contribution in [0.1, 0.15) is 17.3 Å². The first-order valence-electron chi connectivity index (χ1n) is 3.55. The zero-order chi connectivity index (χ0) is 8.27. The van der Waals surface area contributed by atoms with Crippen molar-refractivity contribution in [3.05, 3.63) is 42.2 Å². The molecular formula is C9H12N2. The maximum absolute atomic E-state index is 5.74. The number of aryl methyl sites for hydroxylation is 1. The Bertz CT molecular complexity index is 255. The summed E-state index contributed by atoms with van der Waals surface area (Å²) in [6.45, 7) is 5.57. The fourth-order valence-electron chi connectivity index (χ4n) is 0.976. The summed E-state index contributed by atoms with van der Waals surface area (Å²) in [6, 6.07) is 3.75. The van der Waals surface area contributed by atoms with Crippen LogP contribution in [0.3, 0.4) is 0 Å². The van der Waals surface area contributed by atoms with Gasteiger partial charge in [-0.15, -0.1) is 6.58 Å². The maximum Gasteiger partial charge on any atom is 0.0496 e. The normalized spacial score (nSPS) is 12.5. The highest BCUT2D eigenvalue weighted by molar-refractivity contribution is 5.24. The van der Waals surface area contributed by atoms with Crippen LogP contribution in [0.5, 0.6) is 0 Å². The highest BCUT2D eigenvalue weighted by atomic mass is 14.7. The SMILES string of the molecule is C=CC(N)c1cccnc1C. The van der Waals surface area contributed by atoms with E-state index in [1.165, 1.54) is 0 Å². The fraction of sp³-hybridized carbons (Fsp3) is 0.222. The summed E-state index contributed by atoms with van der Waals surface area (Å²) in [5.41, 5.74) is 7.75. The predicted molar refractivity (Wildman–Crippen MR) is 46.1 cm³/mol. The molecule has 0 aliphatic carbocycles. The first-order valence-corrected chi connectivity index (χ1v) is 3.55. The Morgan fingerprint density at radius 2 is 2.45 bits per heavy atom. The minimum atomic E-state index is -0.0938. The second-order valence-electron chi connectivity index (χ2n) is 2.44. The van der Waals surface area contributed by atoms with Gasteiger partial charge in [-0.1, -0.05) is 12.1 Å². The van der Waals surface area contributed by atoms with E-state index in [0.717, 1.165) is 11.3 Å². The lowest BCUT2D eigenvalue weighted by Gasteiger charge is -2.07. The molecule has 1 unspecified atom stereocenters. The minimum absolute atomic E-state index is 0.0938. The molecule has 0 fully saturated rings. The van der Waals surface area contributed by atoms with E-state index < -0.39 is 0 Å². The number of hydrogen-bond donors (Lipinski definition) is 1. The number of aromatic nitrogens is 1. The van der Waals surface area contributed by atoms with Gasteiger partial charge in [-0.05, 0) is 18.6 Å². The van der Waals surface area contributed by atoms with Crippen molar-refractivity contribution < 1.29 is 0 Å². The van der Waals surface area contributed by atoms with E-state index in [-0.39, 0.29) is 6.04 Å². The van der Waals surface area contributed by atoms with Crippen molar-refractivity contribution in [3.8, 4) is 0 Å². The van der Waals surface area contributed by atoms with Crippen LogP contribution in [0.2, 0.25) is 0 Å². The van der Waals surface area contributed by atoms with E-state index in [4.69, 9.17) is 5.73 Å². The van der Waals surface area contributed by atoms with Gasteiger partial charge in [0, 0.05) is 17.9 Å². The molecule has 1 heterocycles. The Labute approximate surface area is 66.8 Å². The van der Waals surface area contributed by atoms with Gasteiger partial charge in [0.2, 0.25) is 0 Å². The molecule has 58 valence electrons. The monoisotopic (exact) mass is 148 g/mol. The number of nitrogens with zero attached hydrogens (tertiary/aromatic N) is 1. The third kappa shape index (κ3) is 1.65. The highest BCUT2D eigenvalue weighted by Crippen LogP contribution is 2.12. The second kappa shape index (κ2) is 3.30. The van der Waals surface area contributed by atoms with Crippen molar-refractivity contribution in [2.75, 3.05) is 0 Å². The zero-order valence-electron chi connectivity index (χ0n) is 6.62. The Balaban J connectivity index is 3.02. The lowest BCUT2D eigenvalue weighted by atomic mass is 10.1. The maximum atomic E-state index is 5.74. The highest BCUT2D eigenvalue weighted by Gasteiger charge is 2.03. The van der Waals surface area contributed by atoms with Gasteiger partial charge in [0.05, 0.1) is 0 Å². The molecule has 0 amide bonds. The Morgan fingerprint density at radius 1 is 1.73 bits per heavy atom. The number of nitrogens with two attached hydrogens (primary N) is 1. The van der Waals surface area contributed by atoms with Crippen molar-refractivity contribution >= 4 is 0 Å². The molecule has 0 saturated carbocycles. The van der Waals surface area contributed by atoms with Crippen LogP contribution in [-0.4, -0.2) is 4.98 Å². The molecule has 1 aromatic heterocycles. The molecule has 1 rings (SSSR count). The third-order valence-corrected chi connectivity index (χ3v) is 1.66. The molecule has 0 aromatic carbocycles. The summed E-state index contributed by atoms with van der Waals surface area (Å²) in [7, 11) is 0. The topological polar surface area (TPSA) is 38.9 Å². The predicted octanol–water partition coefficient (Wildman–Crippen LogP) is 1.58. The van der Waals surface area contributed by atoms with Gasteiger partial charge in [0.15, 0.2) is 0 Å². The van der Waals surface area contributed by atoms with Gasteiger partial charge in [0.1, 0.15) is 0 Å². The molecule has 0 spiro atoms. The Kier molecular flexibility index (Phi) is 2.39. The van der Waals surface area contributed by atoms with E-state index in [0.29, 0.717) is 0 Å². The van der Waals surface area contributed by atoms with Crippen molar-refractivity contribution in [3.63, 3.8) is 0 Å². The van der Waals surface area contributed by atoms with Crippen LogP contribution in [0, 0.1) is 6.92 Å². The lowest BCUT2D eigenvalue weighted by Crippen LogP contribution is -2.08. The first-order chi connectivity index (χ1) is 5.25. The average molecular weight is 148 g/mol. The van der Waals surface area contributed by atoms with Gasteiger partial charge < -0.3 is 5.73 Å². The minimum Gasteiger partial charge on any atom is -0.321 e. The molecule has 0 aliphatic heterocycles. The number of pyridine rings is 1. The molecular weight excluding hydrogens is 136 g/mol. The van der Waals surface area contributed by atoms with Crippen molar-refractivity contribution in [1.82, 2.24) is 4.98 Å². The van der Waals surface area contributed by atoms with E-state index in [2.05, 4.69) is 11.6 Å². The second-order valence-corrected chi connectivity index (χ2v) is 2.44. The Hall–Kier alpha value is -1.15. The van der Waals surface area contributed by atoms with Crippen LogP contribution in [-0.2, 0) is 0 Å². The van der Waals surface area contributed by atoms with Crippen molar-refractivity contribution in [2.24, 2.45) is 5.73 Å². The Morgan fingerprint density at radius 3 is 3.00 bits per heavy atom. The third-order valence-electron chi connectivity index (χ3n) is 1.66. The summed E-state index contributed by atoms with van der Waals surface area (Å²) in [5, 5.41) is 0. The van der Waals surface area contributed by atoms with Gasteiger partial charge >= 0.3 is 0 Å². The standard InChI is InChI=1S/C9H12N2/c1-3-9(10)8-5-4-6-11-7(8)2/h3-6,9H,1,10H2,2H3.